The number of ether oxygens (including phenoxy) is 2. The standard InChI is InChI=1S/C20H19N3O3/c1-2-25-19-13-16(14-22)9-10-18(19)26-15-20(24)23(12-6-11-21)17-7-4-3-5-8-17/h3-5,7-10,13H,2,6,12,15H2,1H3. The molecule has 132 valence electrons. The van der Waals surface area contributed by atoms with Crippen molar-refractivity contribution in [1.82, 2.24) is 0 Å². The topological polar surface area (TPSA) is 86.3 Å². The van der Waals surface area contributed by atoms with Gasteiger partial charge in [0.1, 0.15) is 0 Å². The maximum Gasteiger partial charge on any atom is 0.264 e. The molecule has 0 N–H and O–H groups in total. The Hall–Kier alpha value is -3.51. The lowest BCUT2D eigenvalue weighted by molar-refractivity contribution is -0.120. The van der Waals surface area contributed by atoms with E-state index in [0.717, 1.165) is 0 Å². The van der Waals surface area contributed by atoms with Crippen molar-refractivity contribution in [3.05, 3.63) is 54.1 Å². The van der Waals surface area contributed by atoms with Gasteiger partial charge in [-0.05, 0) is 31.2 Å². The fraction of sp³-hybridized carbons (Fsp3) is 0.250. The Morgan fingerprint density at radius 1 is 1.08 bits per heavy atom. The van der Waals surface area contributed by atoms with Crippen LogP contribution in [0, 0.1) is 22.7 Å². The number of carbonyl (C=O) groups excluding carboxylic acids is 1. The van der Waals surface area contributed by atoms with Gasteiger partial charge in [0.05, 0.1) is 30.7 Å². The number of hydrogen-bond donors (Lipinski definition) is 0. The van der Waals surface area contributed by atoms with Crippen LogP contribution in [0.1, 0.15) is 18.9 Å². The Labute approximate surface area is 152 Å². The Balaban J connectivity index is 2.13. The smallest absolute Gasteiger partial charge is 0.264 e. The van der Waals surface area contributed by atoms with Crippen molar-refractivity contribution in [1.29, 1.82) is 10.5 Å². The summed E-state index contributed by atoms with van der Waals surface area (Å²) in [6, 6.07) is 18.0. The van der Waals surface area contributed by atoms with Gasteiger partial charge in [-0.3, -0.25) is 4.79 Å². The fourth-order valence-corrected chi connectivity index (χ4v) is 2.35. The first-order valence-electron chi connectivity index (χ1n) is 8.21. The number of anilines is 1. The fourth-order valence-electron chi connectivity index (χ4n) is 2.35. The first kappa shape index (κ1) is 18.8. The van der Waals surface area contributed by atoms with E-state index >= 15 is 0 Å². The van der Waals surface area contributed by atoms with Crippen LogP contribution in [-0.4, -0.2) is 25.7 Å². The third-order valence-corrected chi connectivity index (χ3v) is 3.54. The number of carbonyl (C=O) groups is 1. The highest BCUT2D eigenvalue weighted by Gasteiger charge is 2.17. The SMILES string of the molecule is CCOc1cc(C#N)ccc1OCC(=O)N(CCC#N)c1ccccc1. The molecule has 0 atom stereocenters. The highest BCUT2D eigenvalue weighted by molar-refractivity contribution is 5.94. The Morgan fingerprint density at radius 3 is 2.50 bits per heavy atom. The van der Waals surface area contributed by atoms with Crippen molar-refractivity contribution >= 4 is 11.6 Å². The summed E-state index contributed by atoms with van der Waals surface area (Å²) in [5, 5.41) is 17.8. The molecule has 1 amide bonds. The third-order valence-electron chi connectivity index (χ3n) is 3.54. The monoisotopic (exact) mass is 349 g/mol. The highest BCUT2D eigenvalue weighted by Crippen LogP contribution is 2.28. The van der Waals surface area contributed by atoms with Gasteiger partial charge in [-0.15, -0.1) is 0 Å². The quantitative estimate of drug-likeness (QED) is 0.730. The number of hydrogen-bond acceptors (Lipinski definition) is 5. The molecule has 0 aliphatic heterocycles. The average Bonchev–Trinajstić information content (AvgIpc) is 2.68. The van der Waals surface area contributed by atoms with Gasteiger partial charge >= 0.3 is 0 Å². The minimum absolute atomic E-state index is 0.202. The number of rotatable bonds is 8. The molecule has 0 spiro atoms. The summed E-state index contributed by atoms with van der Waals surface area (Å²) >= 11 is 0. The Morgan fingerprint density at radius 2 is 1.85 bits per heavy atom. The molecule has 0 unspecified atom stereocenters. The maximum atomic E-state index is 12.6. The van der Waals surface area contributed by atoms with Crippen LogP contribution >= 0.6 is 0 Å². The van der Waals surface area contributed by atoms with Crippen molar-refractivity contribution in [2.75, 3.05) is 24.7 Å². The van der Waals surface area contributed by atoms with E-state index in [1.807, 2.05) is 49.4 Å². The zero-order valence-electron chi connectivity index (χ0n) is 14.5. The van der Waals surface area contributed by atoms with Crippen molar-refractivity contribution in [3.63, 3.8) is 0 Å². The number of amides is 1. The van der Waals surface area contributed by atoms with E-state index in [-0.39, 0.29) is 25.5 Å². The molecular weight excluding hydrogens is 330 g/mol. The van der Waals surface area contributed by atoms with Crippen LogP contribution in [0.25, 0.3) is 0 Å². The molecule has 0 aliphatic rings. The van der Waals surface area contributed by atoms with Crippen LogP contribution in [0.5, 0.6) is 11.5 Å². The number of para-hydroxylation sites is 1. The van der Waals surface area contributed by atoms with Crippen LogP contribution in [0.3, 0.4) is 0 Å². The second-order valence-electron chi connectivity index (χ2n) is 5.28. The van der Waals surface area contributed by atoms with Crippen molar-refractivity contribution in [3.8, 4) is 23.6 Å². The summed E-state index contributed by atoms with van der Waals surface area (Å²) < 4.78 is 11.1. The maximum absolute atomic E-state index is 12.6. The summed E-state index contributed by atoms with van der Waals surface area (Å²) in [4.78, 5) is 14.1. The van der Waals surface area contributed by atoms with Gasteiger partial charge < -0.3 is 14.4 Å². The molecule has 0 bridgehead atoms. The number of nitriles is 2. The van der Waals surface area contributed by atoms with Crippen molar-refractivity contribution in [2.24, 2.45) is 0 Å². The Kier molecular flexibility index (Phi) is 7.03. The van der Waals surface area contributed by atoms with Crippen molar-refractivity contribution in [2.45, 2.75) is 13.3 Å². The first-order chi connectivity index (χ1) is 12.7. The molecule has 26 heavy (non-hydrogen) atoms. The third kappa shape index (κ3) is 4.99. The summed E-state index contributed by atoms with van der Waals surface area (Å²) in [6.07, 6.45) is 0.224. The molecule has 0 aromatic heterocycles. The van der Waals surface area contributed by atoms with E-state index in [4.69, 9.17) is 20.0 Å². The van der Waals surface area contributed by atoms with E-state index in [1.54, 1.807) is 18.2 Å². The summed E-state index contributed by atoms with van der Waals surface area (Å²) in [6.45, 7) is 2.32. The lowest BCUT2D eigenvalue weighted by Gasteiger charge is -2.22. The van der Waals surface area contributed by atoms with Crippen LogP contribution in [0.4, 0.5) is 5.69 Å². The van der Waals surface area contributed by atoms with Gasteiger partial charge in [0.2, 0.25) is 0 Å². The molecule has 0 aliphatic carbocycles. The second kappa shape index (κ2) is 9.71. The summed E-state index contributed by atoms with van der Waals surface area (Å²) in [7, 11) is 0. The molecule has 2 aromatic carbocycles. The first-order valence-corrected chi connectivity index (χ1v) is 8.21. The van der Waals surface area contributed by atoms with E-state index in [0.29, 0.717) is 29.4 Å². The molecule has 6 nitrogen and oxygen atoms in total. The normalized spacial score (nSPS) is 9.65. The largest absolute Gasteiger partial charge is 0.490 e. The van der Waals surface area contributed by atoms with Crippen LogP contribution in [0.15, 0.2) is 48.5 Å². The van der Waals surface area contributed by atoms with Gasteiger partial charge in [0, 0.05) is 18.3 Å². The molecule has 0 saturated heterocycles. The van der Waals surface area contributed by atoms with Crippen LogP contribution in [0.2, 0.25) is 0 Å². The van der Waals surface area contributed by atoms with Crippen LogP contribution in [-0.2, 0) is 4.79 Å². The second-order valence-corrected chi connectivity index (χ2v) is 5.28. The molecule has 0 saturated carbocycles. The number of benzene rings is 2. The van der Waals surface area contributed by atoms with Gasteiger partial charge in [-0.25, -0.2) is 0 Å². The molecule has 6 heteroatoms. The lowest BCUT2D eigenvalue weighted by Crippen LogP contribution is -2.35. The van der Waals surface area contributed by atoms with E-state index in [1.165, 1.54) is 4.90 Å². The molecule has 0 fully saturated rings. The van der Waals surface area contributed by atoms with Gasteiger partial charge in [0.25, 0.3) is 5.91 Å². The van der Waals surface area contributed by atoms with E-state index < -0.39 is 0 Å². The Bertz CT molecular complexity index is 822. The number of nitrogens with zero attached hydrogens (tertiary/aromatic N) is 3. The van der Waals surface area contributed by atoms with Gasteiger partial charge in [0.15, 0.2) is 18.1 Å². The molecule has 2 aromatic rings. The predicted molar refractivity (Wildman–Crippen MR) is 96.8 cm³/mol. The molecular formula is C20H19N3O3. The zero-order valence-corrected chi connectivity index (χ0v) is 14.5. The zero-order chi connectivity index (χ0) is 18.8. The summed E-state index contributed by atoms with van der Waals surface area (Å²) in [5.41, 5.74) is 1.16. The van der Waals surface area contributed by atoms with E-state index in [9.17, 15) is 4.79 Å². The average molecular weight is 349 g/mol. The van der Waals surface area contributed by atoms with Gasteiger partial charge in [-0.2, -0.15) is 10.5 Å². The highest BCUT2D eigenvalue weighted by atomic mass is 16.5. The minimum Gasteiger partial charge on any atom is -0.490 e. The van der Waals surface area contributed by atoms with Crippen LogP contribution < -0.4 is 14.4 Å². The minimum atomic E-state index is -0.266. The predicted octanol–water partition coefficient (Wildman–Crippen LogP) is 3.28. The molecule has 0 radical (unpaired) electrons. The van der Waals surface area contributed by atoms with E-state index in [2.05, 4.69) is 0 Å². The molecule has 2 rings (SSSR count). The molecule has 0 heterocycles. The van der Waals surface area contributed by atoms with Gasteiger partial charge in [-0.1, -0.05) is 18.2 Å². The van der Waals surface area contributed by atoms with Crippen molar-refractivity contribution < 1.29 is 14.3 Å². The summed E-state index contributed by atoms with van der Waals surface area (Å²) in [5.74, 6) is 0.549. The lowest BCUT2D eigenvalue weighted by atomic mass is 10.2.